The molecule has 1 aliphatic carbocycles. The van der Waals surface area contributed by atoms with Crippen molar-refractivity contribution in [3.63, 3.8) is 0 Å². The predicted octanol–water partition coefficient (Wildman–Crippen LogP) is 3.74. The molecule has 2 heterocycles. The van der Waals surface area contributed by atoms with Crippen molar-refractivity contribution in [3.05, 3.63) is 46.8 Å². The standard InChI is InChI=1S/C37H52FN5O10S/c1-7-8-12-29(32(45)41-54(50,51)26-14-15-26)39-33(46)31-18-25(52-36(49)42-19-23-10-9-11-28(38)27(23)21-42)20-43(31)34(47)30(16-13-24(44)17-22(2)3)40-35(48)53-37(4,5)6/h9-11,17,25-26,29-31H,7-8,12-16,18-21H2,1-6H3,(H,39,46)(H,40,48)(H,41,45)/t25?,29?,30-,31-/m0/s1. The van der Waals surface area contributed by atoms with Gasteiger partial charge in [-0.15, -0.1) is 0 Å². The molecule has 2 unspecified atom stereocenters. The molecular formula is C37H52FN5O10S. The first-order valence-corrected chi connectivity index (χ1v) is 19.9. The Morgan fingerprint density at radius 2 is 1.72 bits per heavy atom. The maximum atomic E-state index is 14.4. The number of fused-ring (bicyclic) bond motifs is 1. The molecule has 2 fully saturated rings. The first-order chi connectivity index (χ1) is 25.3. The SMILES string of the molecule is CCCCC(NC(=O)[C@@H]1CC(OC(=O)N2Cc3cccc(F)c3C2)CN1C(=O)[C@H](CCC(=O)C=C(C)C)NC(=O)OC(C)(C)C)C(=O)NS(=O)(=O)C1CC1. The predicted molar refractivity (Wildman–Crippen MR) is 194 cm³/mol. The van der Waals surface area contributed by atoms with Crippen molar-refractivity contribution in [1.29, 1.82) is 0 Å². The fourth-order valence-corrected chi connectivity index (χ4v) is 7.65. The maximum Gasteiger partial charge on any atom is 0.410 e. The quantitative estimate of drug-likeness (QED) is 0.221. The van der Waals surface area contributed by atoms with Crippen LogP contribution in [0.25, 0.3) is 0 Å². The number of alkyl carbamates (subject to hydrolysis) is 1. The van der Waals surface area contributed by atoms with Crippen LogP contribution in [0.3, 0.4) is 0 Å². The molecule has 3 aliphatic rings. The number of hydrogen-bond donors (Lipinski definition) is 3. The van der Waals surface area contributed by atoms with E-state index < -0.39 is 80.8 Å². The minimum absolute atomic E-state index is 0.0420. The molecule has 1 aromatic rings. The van der Waals surface area contributed by atoms with E-state index in [0.29, 0.717) is 36.8 Å². The number of rotatable bonds is 15. The fraction of sp³-hybridized carbons (Fsp3) is 0.622. The van der Waals surface area contributed by atoms with Crippen LogP contribution in [0.2, 0.25) is 0 Å². The summed E-state index contributed by atoms with van der Waals surface area (Å²) in [5.41, 5.74) is 0.781. The van der Waals surface area contributed by atoms with E-state index in [0.717, 1.165) is 10.5 Å². The average Bonchev–Trinajstić information content (AvgIpc) is 3.71. The largest absolute Gasteiger partial charge is 0.444 e. The number of carbonyl (C=O) groups is 6. The number of benzene rings is 1. The third-order valence-electron chi connectivity index (χ3n) is 9.10. The first-order valence-electron chi connectivity index (χ1n) is 18.3. The molecule has 0 spiro atoms. The summed E-state index contributed by atoms with van der Waals surface area (Å²) in [6.07, 6.45) is 0.168. The Balaban J connectivity index is 1.59. The van der Waals surface area contributed by atoms with Crippen LogP contribution in [-0.4, -0.2) is 95.5 Å². The Morgan fingerprint density at radius 1 is 1.02 bits per heavy atom. The molecule has 4 atom stereocenters. The number of carbonyl (C=O) groups excluding carboxylic acids is 6. The molecule has 4 rings (SSSR count). The third kappa shape index (κ3) is 11.7. The minimum atomic E-state index is -3.93. The number of nitrogens with zero attached hydrogens (tertiary/aromatic N) is 2. The van der Waals surface area contributed by atoms with E-state index in [2.05, 4.69) is 15.4 Å². The van der Waals surface area contributed by atoms with Gasteiger partial charge in [0.15, 0.2) is 5.78 Å². The number of halogens is 1. The lowest BCUT2D eigenvalue weighted by Gasteiger charge is -2.30. The van der Waals surface area contributed by atoms with Crippen molar-refractivity contribution < 1.29 is 51.0 Å². The minimum Gasteiger partial charge on any atom is -0.444 e. The lowest BCUT2D eigenvalue weighted by Crippen LogP contribution is -2.57. The molecule has 0 aromatic heterocycles. The Morgan fingerprint density at radius 3 is 2.33 bits per heavy atom. The Bertz CT molecular complexity index is 1750. The van der Waals surface area contributed by atoms with Gasteiger partial charge in [0.25, 0.3) is 5.91 Å². The van der Waals surface area contributed by atoms with Crippen LogP contribution in [-0.2, 0) is 51.8 Å². The number of ketones is 1. The van der Waals surface area contributed by atoms with E-state index in [1.165, 1.54) is 23.1 Å². The van der Waals surface area contributed by atoms with E-state index in [1.54, 1.807) is 40.7 Å². The molecule has 298 valence electrons. The van der Waals surface area contributed by atoms with Gasteiger partial charge in [-0.05, 0) is 78.0 Å². The van der Waals surface area contributed by atoms with Crippen molar-refractivity contribution in [3.8, 4) is 0 Å². The molecule has 15 nitrogen and oxygen atoms in total. The maximum absolute atomic E-state index is 14.4. The van der Waals surface area contributed by atoms with Crippen molar-refractivity contribution in [2.24, 2.45) is 0 Å². The van der Waals surface area contributed by atoms with Crippen molar-refractivity contribution in [2.45, 2.75) is 141 Å². The van der Waals surface area contributed by atoms with Gasteiger partial charge in [0.2, 0.25) is 21.8 Å². The van der Waals surface area contributed by atoms with Gasteiger partial charge in [-0.3, -0.25) is 28.8 Å². The van der Waals surface area contributed by atoms with Gasteiger partial charge in [0.05, 0.1) is 18.3 Å². The second-order valence-corrected chi connectivity index (χ2v) is 17.3. The number of nitrogens with one attached hydrogen (secondary N) is 3. The second-order valence-electron chi connectivity index (χ2n) is 15.3. The van der Waals surface area contributed by atoms with Crippen LogP contribution in [0.15, 0.2) is 29.8 Å². The van der Waals surface area contributed by atoms with Gasteiger partial charge < -0.3 is 25.0 Å². The second kappa shape index (κ2) is 17.7. The zero-order valence-electron chi connectivity index (χ0n) is 31.7. The highest BCUT2D eigenvalue weighted by atomic mass is 32.2. The number of sulfonamides is 1. The first kappa shape index (κ1) is 42.2. The van der Waals surface area contributed by atoms with Crippen LogP contribution < -0.4 is 15.4 Å². The van der Waals surface area contributed by atoms with E-state index >= 15 is 0 Å². The Hall–Kier alpha value is -4.54. The lowest BCUT2D eigenvalue weighted by molar-refractivity contribution is -0.141. The molecule has 2 aliphatic heterocycles. The average molecular weight is 778 g/mol. The summed E-state index contributed by atoms with van der Waals surface area (Å²) in [7, 11) is -3.93. The van der Waals surface area contributed by atoms with Gasteiger partial charge in [0.1, 0.15) is 35.6 Å². The zero-order chi connectivity index (χ0) is 40.0. The number of hydrogen-bond acceptors (Lipinski definition) is 10. The van der Waals surface area contributed by atoms with E-state index in [4.69, 9.17) is 9.47 Å². The topological polar surface area (TPSA) is 198 Å². The normalized spacial score (nSPS) is 19.2. The molecule has 54 heavy (non-hydrogen) atoms. The van der Waals surface area contributed by atoms with Gasteiger partial charge in [-0.1, -0.05) is 37.5 Å². The van der Waals surface area contributed by atoms with E-state index in [9.17, 15) is 41.6 Å². The molecule has 0 bridgehead atoms. The molecule has 1 aromatic carbocycles. The molecule has 1 saturated heterocycles. The molecule has 0 radical (unpaired) electrons. The highest BCUT2D eigenvalue weighted by molar-refractivity contribution is 7.90. The summed E-state index contributed by atoms with van der Waals surface area (Å²) in [5.74, 6) is -3.25. The monoisotopic (exact) mass is 777 g/mol. The molecule has 1 saturated carbocycles. The Labute approximate surface area is 315 Å². The van der Waals surface area contributed by atoms with Crippen molar-refractivity contribution in [1.82, 2.24) is 25.2 Å². The summed E-state index contributed by atoms with van der Waals surface area (Å²) >= 11 is 0. The van der Waals surface area contributed by atoms with E-state index in [-0.39, 0.29) is 51.1 Å². The Kier molecular flexibility index (Phi) is 13.9. The van der Waals surface area contributed by atoms with Crippen molar-refractivity contribution >= 4 is 45.7 Å². The summed E-state index contributed by atoms with van der Waals surface area (Å²) in [6.45, 7) is 9.99. The summed E-state index contributed by atoms with van der Waals surface area (Å²) in [5, 5.41) is 4.46. The van der Waals surface area contributed by atoms with Crippen LogP contribution in [0.1, 0.15) is 104 Å². The number of ether oxygens (including phenoxy) is 2. The van der Waals surface area contributed by atoms with Crippen LogP contribution >= 0.6 is 0 Å². The van der Waals surface area contributed by atoms with Gasteiger partial charge >= 0.3 is 12.2 Å². The summed E-state index contributed by atoms with van der Waals surface area (Å²) < 4.78 is 52.8. The smallest absolute Gasteiger partial charge is 0.410 e. The third-order valence-corrected chi connectivity index (χ3v) is 10.9. The zero-order valence-corrected chi connectivity index (χ0v) is 32.6. The summed E-state index contributed by atoms with van der Waals surface area (Å²) in [6, 6.07) is 0.581. The highest BCUT2D eigenvalue weighted by Crippen LogP contribution is 2.29. The van der Waals surface area contributed by atoms with Crippen LogP contribution in [0.5, 0.6) is 0 Å². The van der Waals surface area contributed by atoms with E-state index in [1.807, 2.05) is 6.92 Å². The molecular weight excluding hydrogens is 725 g/mol. The fourth-order valence-electron chi connectivity index (χ4n) is 6.31. The van der Waals surface area contributed by atoms with Gasteiger partial charge in [-0.2, -0.15) is 0 Å². The van der Waals surface area contributed by atoms with Crippen LogP contribution in [0.4, 0.5) is 14.0 Å². The number of likely N-dealkylation sites (tertiary alicyclic amines) is 1. The summed E-state index contributed by atoms with van der Waals surface area (Å²) in [4.78, 5) is 82.9. The molecule has 3 N–H and O–H groups in total. The van der Waals surface area contributed by atoms with Crippen molar-refractivity contribution in [2.75, 3.05) is 6.54 Å². The molecule has 5 amide bonds. The van der Waals surface area contributed by atoms with Gasteiger partial charge in [-0.25, -0.2) is 22.4 Å². The molecule has 17 heteroatoms. The number of unbranched alkanes of at least 4 members (excludes halogenated alkanes) is 1. The lowest BCUT2D eigenvalue weighted by atomic mass is 10.0. The van der Waals surface area contributed by atoms with Gasteiger partial charge in [0, 0.05) is 24.9 Å². The highest BCUT2D eigenvalue weighted by Gasteiger charge is 2.46. The van der Waals surface area contributed by atoms with Crippen LogP contribution in [0, 0.1) is 5.82 Å². The number of allylic oxidation sites excluding steroid dienone is 2. The number of amides is 5.